The Kier molecular flexibility index (Phi) is 3.65. The lowest BCUT2D eigenvalue weighted by Crippen LogP contribution is -2.11. The van der Waals surface area contributed by atoms with Crippen LogP contribution in [0.25, 0.3) is 0 Å². The van der Waals surface area contributed by atoms with Gasteiger partial charge in [0.1, 0.15) is 0 Å². The lowest BCUT2D eigenvalue weighted by Gasteiger charge is -2.17. The summed E-state index contributed by atoms with van der Waals surface area (Å²) in [6.45, 7) is 4.49. The number of fused-ring (bicyclic) bond motifs is 1. The average Bonchev–Trinajstić information content (AvgIpc) is 2.49. The zero-order chi connectivity index (χ0) is 11.5. The van der Waals surface area contributed by atoms with E-state index in [-0.39, 0.29) is 6.04 Å². The monoisotopic (exact) mass is 217 g/mol. The molecule has 1 aliphatic rings. The first kappa shape index (κ1) is 11.7. The van der Waals surface area contributed by atoms with Gasteiger partial charge in [-0.1, -0.05) is 32.4 Å². The van der Waals surface area contributed by atoms with E-state index in [1.165, 1.54) is 41.5 Å². The number of hydrogen-bond acceptors (Lipinski definition) is 1. The van der Waals surface area contributed by atoms with Crippen LogP contribution in [0.15, 0.2) is 12.1 Å². The van der Waals surface area contributed by atoms with E-state index in [1.54, 1.807) is 0 Å². The Morgan fingerprint density at radius 2 is 1.81 bits per heavy atom. The molecule has 1 aromatic carbocycles. The minimum atomic E-state index is 0.272. The molecule has 0 amide bonds. The number of aryl methyl sites for hydroxylation is 3. The van der Waals surface area contributed by atoms with E-state index < -0.39 is 0 Å². The van der Waals surface area contributed by atoms with Crippen LogP contribution in [0.5, 0.6) is 0 Å². The van der Waals surface area contributed by atoms with Crippen molar-refractivity contribution in [2.75, 3.05) is 0 Å². The fraction of sp³-hybridized carbons (Fsp3) is 0.600. The van der Waals surface area contributed by atoms with Gasteiger partial charge in [-0.25, -0.2) is 0 Å². The highest BCUT2D eigenvalue weighted by Crippen LogP contribution is 2.29. The van der Waals surface area contributed by atoms with Gasteiger partial charge in [-0.2, -0.15) is 0 Å². The summed E-state index contributed by atoms with van der Waals surface area (Å²) in [5.74, 6) is 0. The van der Waals surface area contributed by atoms with Gasteiger partial charge < -0.3 is 5.73 Å². The van der Waals surface area contributed by atoms with Gasteiger partial charge in [0, 0.05) is 6.04 Å². The third-order valence-electron chi connectivity index (χ3n) is 3.83. The number of nitrogens with two attached hydrogens (primary N) is 1. The molecule has 1 aliphatic carbocycles. The minimum absolute atomic E-state index is 0.272. The summed E-state index contributed by atoms with van der Waals surface area (Å²) in [5, 5.41) is 0. The van der Waals surface area contributed by atoms with Crippen molar-refractivity contribution in [2.45, 2.75) is 58.4 Å². The molecule has 0 unspecified atom stereocenters. The first-order valence-electron chi connectivity index (χ1n) is 6.66. The Balaban J connectivity index is 2.47. The van der Waals surface area contributed by atoms with E-state index in [0.717, 1.165) is 19.3 Å². The van der Waals surface area contributed by atoms with Gasteiger partial charge in [-0.15, -0.1) is 0 Å². The number of hydrogen-bond donors (Lipinski definition) is 1. The molecule has 0 radical (unpaired) electrons. The van der Waals surface area contributed by atoms with Crippen LogP contribution in [-0.4, -0.2) is 0 Å². The summed E-state index contributed by atoms with van der Waals surface area (Å²) in [4.78, 5) is 0. The van der Waals surface area contributed by atoms with Gasteiger partial charge in [-0.3, -0.25) is 0 Å². The minimum Gasteiger partial charge on any atom is -0.324 e. The predicted octanol–water partition coefficient (Wildman–Crippen LogP) is 3.54. The smallest absolute Gasteiger partial charge is 0.0297 e. The molecule has 0 spiro atoms. The van der Waals surface area contributed by atoms with E-state index in [1.807, 2.05) is 0 Å². The van der Waals surface area contributed by atoms with Gasteiger partial charge in [0.2, 0.25) is 0 Å². The zero-order valence-electron chi connectivity index (χ0n) is 10.6. The number of benzene rings is 1. The van der Waals surface area contributed by atoms with E-state index in [0.29, 0.717) is 0 Å². The molecule has 2 N–H and O–H groups in total. The van der Waals surface area contributed by atoms with Gasteiger partial charge in [-0.05, 0) is 54.4 Å². The average molecular weight is 217 g/mol. The Hall–Kier alpha value is -0.820. The normalized spacial score (nSPS) is 20.3. The molecule has 0 bridgehead atoms. The summed E-state index contributed by atoms with van der Waals surface area (Å²) in [7, 11) is 0. The Bertz CT molecular complexity index is 368. The Morgan fingerprint density at radius 3 is 2.50 bits per heavy atom. The van der Waals surface area contributed by atoms with Crippen molar-refractivity contribution in [1.82, 2.24) is 0 Å². The molecule has 0 saturated carbocycles. The molecule has 0 aliphatic heterocycles. The van der Waals surface area contributed by atoms with Crippen LogP contribution in [0.1, 0.15) is 61.4 Å². The van der Waals surface area contributed by atoms with Crippen LogP contribution in [0.3, 0.4) is 0 Å². The van der Waals surface area contributed by atoms with Gasteiger partial charge in [0.05, 0.1) is 0 Å². The second-order valence-electron chi connectivity index (χ2n) is 4.88. The van der Waals surface area contributed by atoms with Crippen molar-refractivity contribution in [1.29, 1.82) is 0 Å². The molecule has 16 heavy (non-hydrogen) atoms. The van der Waals surface area contributed by atoms with E-state index >= 15 is 0 Å². The van der Waals surface area contributed by atoms with Crippen molar-refractivity contribution >= 4 is 0 Å². The summed E-state index contributed by atoms with van der Waals surface area (Å²) in [5.41, 5.74) is 12.2. The van der Waals surface area contributed by atoms with E-state index in [2.05, 4.69) is 26.0 Å². The standard InChI is InChI=1S/C15H23N/c1-3-11-9-13-7-5-6-8-15(16)14(13)10-12(11)4-2/h9-10,15H,3-8,16H2,1-2H3/t15-/m0/s1. The molecule has 1 aromatic rings. The fourth-order valence-corrected chi connectivity index (χ4v) is 2.81. The van der Waals surface area contributed by atoms with Gasteiger partial charge >= 0.3 is 0 Å². The van der Waals surface area contributed by atoms with E-state index in [9.17, 15) is 0 Å². The van der Waals surface area contributed by atoms with Crippen molar-refractivity contribution in [3.63, 3.8) is 0 Å². The molecule has 1 atom stereocenters. The quantitative estimate of drug-likeness (QED) is 0.753. The molecule has 1 nitrogen and oxygen atoms in total. The maximum absolute atomic E-state index is 6.26. The maximum Gasteiger partial charge on any atom is 0.0297 e. The molecule has 2 rings (SSSR count). The Labute approximate surface area is 99.0 Å². The molecular weight excluding hydrogens is 194 g/mol. The third kappa shape index (κ3) is 2.15. The summed E-state index contributed by atoms with van der Waals surface area (Å²) in [6, 6.07) is 5.07. The zero-order valence-corrected chi connectivity index (χ0v) is 10.6. The summed E-state index contributed by atoms with van der Waals surface area (Å²) in [6.07, 6.45) is 7.23. The largest absolute Gasteiger partial charge is 0.324 e. The molecule has 0 fully saturated rings. The Morgan fingerprint density at radius 1 is 1.12 bits per heavy atom. The third-order valence-corrected chi connectivity index (χ3v) is 3.83. The fourth-order valence-electron chi connectivity index (χ4n) is 2.81. The van der Waals surface area contributed by atoms with Crippen molar-refractivity contribution in [3.05, 3.63) is 34.4 Å². The van der Waals surface area contributed by atoms with Gasteiger partial charge in [0.15, 0.2) is 0 Å². The SMILES string of the molecule is CCc1cc2c(cc1CC)[C@@H](N)CCCC2. The molecular formula is C15H23N. The molecule has 0 heterocycles. The van der Waals surface area contributed by atoms with Crippen LogP contribution in [0, 0.1) is 0 Å². The number of rotatable bonds is 2. The molecule has 88 valence electrons. The highest BCUT2D eigenvalue weighted by Gasteiger charge is 2.16. The lowest BCUT2D eigenvalue weighted by atomic mass is 9.91. The van der Waals surface area contributed by atoms with Crippen LogP contribution in [0.2, 0.25) is 0 Å². The van der Waals surface area contributed by atoms with Crippen molar-refractivity contribution in [2.24, 2.45) is 5.73 Å². The molecule has 0 saturated heterocycles. The van der Waals surface area contributed by atoms with Gasteiger partial charge in [0.25, 0.3) is 0 Å². The van der Waals surface area contributed by atoms with Crippen LogP contribution < -0.4 is 5.73 Å². The second kappa shape index (κ2) is 5.01. The molecule has 0 aromatic heterocycles. The lowest BCUT2D eigenvalue weighted by molar-refractivity contribution is 0.615. The second-order valence-corrected chi connectivity index (χ2v) is 4.88. The van der Waals surface area contributed by atoms with Crippen LogP contribution >= 0.6 is 0 Å². The summed E-state index contributed by atoms with van der Waals surface area (Å²) < 4.78 is 0. The highest BCUT2D eigenvalue weighted by molar-refractivity contribution is 5.41. The van der Waals surface area contributed by atoms with Crippen molar-refractivity contribution < 1.29 is 0 Å². The van der Waals surface area contributed by atoms with Crippen LogP contribution in [0.4, 0.5) is 0 Å². The maximum atomic E-state index is 6.26. The molecule has 1 heteroatoms. The first-order chi connectivity index (χ1) is 7.76. The van der Waals surface area contributed by atoms with Crippen LogP contribution in [-0.2, 0) is 19.3 Å². The van der Waals surface area contributed by atoms with E-state index in [4.69, 9.17) is 5.73 Å². The highest BCUT2D eigenvalue weighted by atomic mass is 14.6. The first-order valence-corrected chi connectivity index (χ1v) is 6.66. The summed E-state index contributed by atoms with van der Waals surface area (Å²) >= 11 is 0. The van der Waals surface area contributed by atoms with Crippen molar-refractivity contribution in [3.8, 4) is 0 Å². The predicted molar refractivity (Wildman–Crippen MR) is 69.7 cm³/mol. The topological polar surface area (TPSA) is 26.0 Å².